The number of rotatable bonds is 16. The number of aromatic nitrogens is 1. The van der Waals surface area contributed by atoms with E-state index in [9.17, 15) is 20.3 Å². The van der Waals surface area contributed by atoms with E-state index >= 15 is 0 Å². The summed E-state index contributed by atoms with van der Waals surface area (Å²) < 4.78 is 12.6. The molecule has 0 amide bonds. The van der Waals surface area contributed by atoms with Crippen molar-refractivity contribution < 1.29 is 24.5 Å². The molecule has 0 aliphatic carbocycles. The molecule has 1 aliphatic heterocycles. The Kier molecular flexibility index (Phi) is 13.4. The number of halogens is 1. The Morgan fingerprint density at radius 2 is 1.61 bits per heavy atom. The molecular weight excluding hydrogens is 726 g/mol. The number of piperazine rings is 1. The van der Waals surface area contributed by atoms with Gasteiger partial charge in [0.05, 0.1) is 10.6 Å². The summed E-state index contributed by atoms with van der Waals surface area (Å²) in [6.07, 6.45) is 3.10. The molecule has 1 atom stereocenters. The van der Waals surface area contributed by atoms with Gasteiger partial charge in [-0.25, -0.2) is 0 Å². The first kappa shape index (κ1) is 40.4. The summed E-state index contributed by atoms with van der Waals surface area (Å²) in [5.41, 5.74) is 9.57. The molecule has 1 unspecified atom stereocenters. The number of pyridine rings is 1. The largest absolute Gasteiger partial charge is 0.488 e. The molecule has 5 aromatic rings. The second-order valence-electron chi connectivity index (χ2n) is 14.4. The van der Waals surface area contributed by atoms with Gasteiger partial charge in [-0.05, 0) is 83.8 Å². The number of ether oxygens (including phenoxy) is 2. The molecule has 1 fully saturated rings. The molecule has 0 saturated carbocycles. The highest BCUT2D eigenvalue weighted by Crippen LogP contribution is 2.37. The molecule has 0 radical (unpaired) electrons. The third-order valence-electron chi connectivity index (χ3n) is 10.5. The van der Waals surface area contributed by atoms with Crippen LogP contribution < -0.4 is 20.1 Å². The number of nitriles is 1. The Morgan fingerprint density at radius 3 is 2.32 bits per heavy atom. The molecular formula is C45H48ClN5O5. The number of carbonyl (C=O) groups is 1. The quantitative estimate of drug-likeness (QED) is 0.0801. The van der Waals surface area contributed by atoms with Gasteiger partial charge in [0.2, 0.25) is 0 Å². The van der Waals surface area contributed by atoms with E-state index in [-0.39, 0.29) is 32.8 Å². The topological polar surface area (TPSA) is 140 Å². The van der Waals surface area contributed by atoms with Gasteiger partial charge < -0.3 is 25.0 Å². The zero-order valence-electron chi connectivity index (χ0n) is 32.1. The number of nitrogens with one attached hydrogen (secondary N) is 2. The lowest BCUT2D eigenvalue weighted by Crippen LogP contribution is -2.49. The van der Waals surface area contributed by atoms with E-state index in [0.29, 0.717) is 33.2 Å². The highest BCUT2D eigenvalue weighted by Gasteiger charge is 2.32. The van der Waals surface area contributed by atoms with Gasteiger partial charge in [0.25, 0.3) is 0 Å². The Bertz CT molecular complexity index is 2200. The molecule has 1 aliphatic rings. The minimum atomic E-state index is -1.38. The standard InChI is InChI=1S/C45H48ClN5O5/c1-30-36(6-4-8-39(30)40-9-5-7-38(31(40)2)35-12-10-32(11-13-35)27-51-17-15-48-16-18-51)29-56-43-22-42(55-28-34-20-33(23-47)24-49-25-34)37(21-41(43)46)26-50-45(3,14-19-52)44(53)54/h4-13,20-22,24-25,48,50,52H,14-19,26-29H2,1-3H3,(H,53,54). The fourth-order valence-electron chi connectivity index (χ4n) is 6.98. The molecule has 4 aromatic carbocycles. The first-order valence-electron chi connectivity index (χ1n) is 18.8. The maximum absolute atomic E-state index is 12.1. The molecule has 1 saturated heterocycles. The van der Waals surface area contributed by atoms with E-state index in [2.05, 4.69) is 89.0 Å². The van der Waals surface area contributed by atoms with Crippen LogP contribution in [0.2, 0.25) is 5.02 Å². The Morgan fingerprint density at radius 1 is 0.911 bits per heavy atom. The number of carboxylic acid groups (broad SMARTS) is 1. The number of aliphatic hydroxyl groups is 1. The summed E-state index contributed by atoms with van der Waals surface area (Å²) in [4.78, 5) is 18.7. The van der Waals surface area contributed by atoms with Gasteiger partial charge in [-0.15, -0.1) is 0 Å². The van der Waals surface area contributed by atoms with E-state index in [1.54, 1.807) is 24.4 Å². The Labute approximate surface area is 333 Å². The second-order valence-corrected chi connectivity index (χ2v) is 14.8. The van der Waals surface area contributed by atoms with Crippen LogP contribution in [0, 0.1) is 25.2 Å². The van der Waals surface area contributed by atoms with Crippen LogP contribution in [-0.2, 0) is 31.1 Å². The fourth-order valence-corrected chi connectivity index (χ4v) is 7.22. The second kappa shape index (κ2) is 18.6. The van der Waals surface area contributed by atoms with Crippen LogP contribution in [-0.4, -0.2) is 64.4 Å². The van der Waals surface area contributed by atoms with Crippen molar-refractivity contribution in [2.45, 2.75) is 59.0 Å². The molecule has 11 heteroatoms. The normalized spacial score (nSPS) is 14.1. The molecule has 1 aromatic heterocycles. The molecule has 10 nitrogen and oxygen atoms in total. The summed E-state index contributed by atoms with van der Waals surface area (Å²) in [5, 5.41) is 35.5. The molecule has 4 N–H and O–H groups in total. The van der Waals surface area contributed by atoms with Gasteiger partial charge in [0.15, 0.2) is 0 Å². The zero-order valence-corrected chi connectivity index (χ0v) is 32.8. The molecule has 2 heterocycles. The summed E-state index contributed by atoms with van der Waals surface area (Å²) in [7, 11) is 0. The minimum absolute atomic E-state index is 0.00669. The number of benzene rings is 4. The first-order chi connectivity index (χ1) is 27.1. The highest BCUT2D eigenvalue weighted by molar-refractivity contribution is 6.32. The summed E-state index contributed by atoms with van der Waals surface area (Å²) >= 11 is 6.80. The highest BCUT2D eigenvalue weighted by atomic mass is 35.5. The number of hydrogen-bond donors (Lipinski definition) is 4. The van der Waals surface area contributed by atoms with E-state index in [4.69, 9.17) is 21.1 Å². The van der Waals surface area contributed by atoms with Crippen molar-refractivity contribution in [1.82, 2.24) is 20.5 Å². The van der Waals surface area contributed by atoms with Crippen LogP contribution in [0.15, 0.2) is 91.3 Å². The van der Waals surface area contributed by atoms with Crippen LogP contribution in [0.1, 0.15) is 52.3 Å². The molecule has 0 bridgehead atoms. The number of hydrogen-bond acceptors (Lipinski definition) is 9. The predicted molar refractivity (Wildman–Crippen MR) is 219 cm³/mol. The smallest absolute Gasteiger partial charge is 0.323 e. The average molecular weight is 774 g/mol. The van der Waals surface area contributed by atoms with Crippen molar-refractivity contribution in [2.24, 2.45) is 0 Å². The zero-order chi connectivity index (χ0) is 39.7. The van der Waals surface area contributed by atoms with E-state index in [1.165, 1.54) is 35.4 Å². The van der Waals surface area contributed by atoms with Gasteiger partial charge in [0.1, 0.15) is 36.3 Å². The molecule has 56 heavy (non-hydrogen) atoms. The number of nitrogens with zero attached hydrogens (tertiary/aromatic N) is 3. The van der Waals surface area contributed by atoms with Gasteiger partial charge in [-0.1, -0.05) is 72.3 Å². The maximum Gasteiger partial charge on any atom is 0.323 e. The van der Waals surface area contributed by atoms with Gasteiger partial charge in [-0.2, -0.15) is 5.26 Å². The monoisotopic (exact) mass is 773 g/mol. The molecule has 290 valence electrons. The van der Waals surface area contributed by atoms with Crippen molar-refractivity contribution >= 4 is 17.6 Å². The maximum atomic E-state index is 12.1. The van der Waals surface area contributed by atoms with Gasteiger partial charge in [-0.3, -0.25) is 20.0 Å². The lowest BCUT2D eigenvalue weighted by molar-refractivity contribution is -0.145. The van der Waals surface area contributed by atoms with Crippen molar-refractivity contribution in [3.63, 3.8) is 0 Å². The van der Waals surface area contributed by atoms with Gasteiger partial charge in [0, 0.05) is 75.5 Å². The third kappa shape index (κ3) is 9.74. The van der Waals surface area contributed by atoms with Crippen LogP contribution in [0.4, 0.5) is 0 Å². The number of aliphatic hydroxyl groups excluding tert-OH is 1. The Balaban J connectivity index is 1.22. The third-order valence-corrected chi connectivity index (χ3v) is 10.8. The first-order valence-corrected chi connectivity index (χ1v) is 19.2. The minimum Gasteiger partial charge on any atom is -0.488 e. The van der Waals surface area contributed by atoms with Crippen LogP contribution in [0.5, 0.6) is 11.5 Å². The number of carboxylic acids is 1. The predicted octanol–water partition coefficient (Wildman–Crippen LogP) is 7.44. The van der Waals surface area contributed by atoms with Crippen LogP contribution in [0.25, 0.3) is 22.3 Å². The lowest BCUT2D eigenvalue weighted by atomic mass is 9.89. The van der Waals surface area contributed by atoms with E-state index < -0.39 is 11.5 Å². The van der Waals surface area contributed by atoms with E-state index in [0.717, 1.165) is 55.0 Å². The fraction of sp³-hybridized carbons (Fsp3) is 0.311. The van der Waals surface area contributed by atoms with Crippen molar-refractivity contribution in [3.05, 3.63) is 135 Å². The number of aliphatic carboxylic acids is 1. The van der Waals surface area contributed by atoms with Crippen molar-refractivity contribution in [1.29, 1.82) is 5.26 Å². The molecule has 6 rings (SSSR count). The van der Waals surface area contributed by atoms with Crippen LogP contribution in [0.3, 0.4) is 0 Å². The van der Waals surface area contributed by atoms with Crippen LogP contribution >= 0.6 is 11.6 Å². The average Bonchev–Trinajstić information content (AvgIpc) is 3.21. The SMILES string of the molecule is Cc1c(COc2cc(OCc3cncc(C#N)c3)c(CNC(C)(CCO)C(=O)O)cc2Cl)cccc1-c1cccc(-c2ccc(CN3CCNCC3)cc2)c1C. The van der Waals surface area contributed by atoms with Gasteiger partial charge >= 0.3 is 5.97 Å². The van der Waals surface area contributed by atoms with Crippen molar-refractivity contribution in [3.8, 4) is 39.8 Å². The summed E-state index contributed by atoms with van der Waals surface area (Å²) in [5.74, 6) is -0.269. The lowest BCUT2D eigenvalue weighted by Gasteiger charge is -2.27. The van der Waals surface area contributed by atoms with E-state index in [1.807, 2.05) is 12.1 Å². The van der Waals surface area contributed by atoms with Crippen molar-refractivity contribution in [2.75, 3.05) is 32.8 Å². The summed E-state index contributed by atoms with van der Waals surface area (Å²) in [6.45, 7) is 11.1. The summed E-state index contributed by atoms with van der Waals surface area (Å²) in [6, 6.07) is 28.8. The molecule has 0 spiro atoms. The Hall–Kier alpha value is -5.28.